The molecule has 0 aliphatic carbocycles. The third-order valence-electron chi connectivity index (χ3n) is 4.59. The van der Waals surface area contributed by atoms with E-state index < -0.39 is 6.09 Å². The summed E-state index contributed by atoms with van der Waals surface area (Å²) in [5.74, 6) is 0.715. The van der Waals surface area contributed by atoms with Crippen LogP contribution in [0.1, 0.15) is 12.5 Å². The maximum absolute atomic E-state index is 11.1. The third-order valence-corrected chi connectivity index (χ3v) is 4.77. The van der Waals surface area contributed by atoms with Crippen molar-refractivity contribution in [2.24, 2.45) is 0 Å². The second kappa shape index (κ2) is 7.88. The van der Waals surface area contributed by atoms with Gasteiger partial charge in [-0.1, -0.05) is 6.07 Å². The van der Waals surface area contributed by atoms with E-state index in [2.05, 4.69) is 14.9 Å². The van der Waals surface area contributed by atoms with E-state index in [4.69, 9.17) is 21.4 Å². The highest BCUT2D eigenvalue weighted by Crippen LogP contribution is 2.30. The number of piperazine rings is 1. The van der Waals surface area contributed by atoms with Crippen LogP contribution in [0.25, 0.3) is 11.3 Å². The lowest BCUT2D eigenvalue weighted by Crippen LogP contribution is -2.52. The molecule has 2 heterocycles. The number of carbonyl (C=O) groups is 1. The van der Waals surface area contributed by atoms with Gasteiger partial charge in [-0.2, -0.15) is 0 Å². The van der Waals surface area contributed by atoms with Gasteiger partial charge in [0.2, 0.25) is 5.28 Å². The molecule has 7 nitrogen and oxygen atoms in total. The van der Waals surface area contributed by atoms with Gasteiger partial charge in [0.25, 0.3) is 0 Å². The van der Waals surface area contributed by atoms with Gasteiger partial charge in [-0.05, 0) is 42.3 Å². The Kier molecular flexibility index (Phi) is 5.58. The summed E-state index contributed by atoms with van der Waals surface area (Å²) in [6.07, 6.45) is 0.758. The highest BCUT2D eigenvalue weighted by molar-refractivity contribution is 6.28. The minimum absolute atomic E-state index is 0.152. The van der Waals surface area contributed by atoms with Crippen molar-refractivity contribution in [3.8, 4) is 17.0 Å². The Morgan fingerprint density at radius 2 is 2.19 bits per heavy atom. The molecule has 1 amide bonds. The first-order valence-electron chi connectivity index (χ1n) is 8.35. The molecule has 1 fully saturated rings. The van der Waals surface area contributed by atoms with Gasteiger partial charge in [-0.15, -0.1) is 0 Å². The molecule has 0 bridgehead atoms. The van der Waals surface area contributed by atoms with E-state index in [9.17, 15) is 4.79 Å². The van der Waals surface area contributed by atoms with Crippen LogP contribution in [0.15, 0.2) is 30.5 Å². The molecule has 1 aromatic carbocycles. The fraction of sp³-hybridized carbons (Fsp3) is 0.389. The number of benzene rings is 1. The van der Waals surface area contributed by atoms with Crippen molar-refractivity contribution < 1.29 is 14.6 Å². The first-order valence-corrected chi connectivity index (χ1v) is 8.73. The van der Waals surface area contributed by atoms with Crippen LogP contribution in [0.4, 0.5) is 4.79 Å². The molecular weight excluding hydrogens is 356 g/mol. The van der Waals surface area contributed by atoms with Gasteiger partial charge >= 0.3 is 6.09 Å². The van der Waals surface area contributed by atoms with Crippen LogP contribution < -0.4 is 4.74 Å². The van der Waals surface area contributed by atoms with Gasteiger partial charge in [0.05, 0.1) is 12.8 Å². The molecule has 8 heteroatoms. The largest absolute Gasteiger partial charge is 0.496 e. The van der Waals surface area contributed by atoms with E-state index in [1.54, 1.807) is 19.4 Å². The van der Waals surface area contributed by atoms with E-state index in [1.807, 2.05) is 25.1 Å². The molecule has 0 saturated carbocycles. The Labute approximate surface area is 157 Å². The second-order valence-electron chi connectivity index (χ2n) is 6.29. The van der Waals surface area contributed by atoms with E-state index in [1.165, 1.54) is 4.90 Å². The zero-order valence-electron chi connectivity index (χ0n) is 14.7. The topological polar surface area (TPSA) is 78.8 Å². The summed E-state index contributed by atoms with van der Waals surface area (Å²) in [5.41, 5.74) is 2.66. The molecule has 1 saturated heterocycles. The molecule has 1 N–H and O–H groups in total. The van der Waals surface area contributed by atoms with Crippen molar-refractivity contribution in [2.75, 3.05) is 26.7 Å². The van der Waals surface area contributed by atoms with E-state index in [0.717, 1.165) is 17.7 Å². The van der Waals surface area contributed by atoms with Crippen LogP contribution in [0.5, 0.6) is 5.75 Å². The average molecular weight is 377 g/mol. The Morgan fingerprint density at radius 1 is 1.38 bits per heavy atom. The number of rotatable bonds is 4. The maximum atomic E-state index is 11.1. The maximum Gasteiger partial charge on any atom is 0.407 e. The molecule has 138 valence electrons. The molecule has 3 rings (SSSR count). The molecule has 1 aromatic heterocycles. The molecule has 1 aliphatic heterocycles. The van der Waals surface area contributed by atoms with Gasteiger partial charge in [-0.3, -0.25) is 4.90 Å². The summed E-state index contributed by atoms with van der Waals surface area (Å²) in [6, 6.07) is 7.91. The SMILES string of the molecule is COc1ccc(CN2CCN(C(=O)O)CC2C)cc1-c1ccnc(Cl)n1. The molecule has 2 aromatic rings. The van der Waals surface area contributed by atoms with Gasteiger partial charge in [0.1, 0.15) is 5.75 Å². The van der Waals surface area contributed by atoms with Crippen LogP contribution in [-0.4, -0.2) is 63.8 Å². The molecule has 1 unspecified atom stereocenters. The number of hydrogen-bond acceptors (Lipinski definition) is 5. The molecule has 0 radical (unpaired) electrons. The first-order chi connectivity index (χ1) is 12.5. The summed E-state index contributed by atoms with van der Waals surface area (Å²) in [7, 11) is 1.62. The van der Waals surface area contributed by atoms with Crippen molar-refractivity contribution >= 4 is 17.7 Å². The number of halogens is 1. The van der Waals surface area contributed by atoms with Crippen molar-refractivity contribution in [1.29, 1.82) is 0 Å². The Balaban J connectivity index is 1.81. The first kappa shape index (κ1) is 18.4. The van der Waals surface area contributed by atoms with Crippen LogP contribution in [0.3, 0.4) is 0 Å². The quantitative estimate of drug-likeness (QED) is 0.826. The highest BCUT2D eigenvalue weighted by atomic mass is 35.5. The second-order valence-corrected chi connectivity index (χ2v) is 6.63. The van der Waals surface area contributed by atoms with E-state index >= 15 is 0 Å². The van der Waals surface area contributed by atoms with E-state index in [0.29, 0.717) is 31.1 Å². The number of aromatic nitrogens is 2. The summed E-state index contributed by atoms with van der Waals surface area (Å²) in [6.45, 7) is 4.51. The van der Waals surface area contributed by atoms with Crippen molar-refractivity contribution in [1.82, 2.24) is 19.8 Å². The Hall–Kier alpha value is -2.38. The van der Waals surface area contributed by atoms with Crippen molar-refractivity contribution in [3.05, 3.63) is 41.3 Å². The van der Waals surface area contributed by atoms with Crippen LogP contribution in [-0.2, 0) is 6.54 Å². The minimum atomic E-state index is -0.858. The predicted octanol–water partition coefficient (Wildman–Crippen LogP) is 2.99. The molecular formula is C18H21ClN4O3. The number of amides is 1. The minimum Gasteiger partial charge on any atom is -0.496 e. The fourth-order valence-electron chi connectivity index (χ4n) is 3.18. The summed E-state index contributed by atoms with van der Waals surface area (Å²) in [4.78, 5) is 23.1. The predicted molar refractivity (Wildman–Crippen MR) is 98.5 cm³/mol. The standard InChI is InChI=1S/C18H21ClN4O3/c1-12-10-23(18(24)25)8-7-22(12)11-13-3-4-16(26-2)14(9-13)15-5-6-20-17(19)21-15/h3-6,9,12H,7-8,10-11H2,1-2H3,(H,24,25). The summed E-state index contributed by atoms with van der Waals surface area (Å²) >= 11 is 5.92. The van der Waals surface area contributed by atoms with Gasteiger partial charge in [0.15, 0.2) is 0 Å². The molecule has 1 aliphatic rings. The zero-order chi connectivity index (χ0) is 18.7. The van der Waals surface area contributed by atoms with Crippen LogP contribution >= 0.6 is 11.6 Å². The highest BCUT2D eigenvalue weighted by Gasteiger charge is 2.26. The van der Waals surface area contributed by atoms with Crippen LogP contribution in [0.2, 0.25) is 5.28 Å². The fourth-order valence-corrected chi connectivity index (χ4v) is 3.32. The van der Waals surface area contributed by atoms with E-state index in [-0.39, 0.29) is 11.3 Å². The Morgan fingerprint density at radius 3 is 2.85 bits per heavy atom. The Bertz CT molecular complexity index is 802. The summed E-state index contributed by atoms with van der Waals surface area (Å²) in [5, 5.41) is 9.33. The molecule has 1 atom stereocenters. The van der Waals surface area contributed by atoms with Gasteiger partial charge in [0, 0.05) is 44.0 Å². The van der Waals surface area contributed by atoms with Crippen molar-refractivity contribution in [3.63, 3.8) is 0 Å². The third kappa shape index (κ3) is 4.05. The lowest BCUT2D eigenvalue weighted by atomic mass is 10.0. The lowest BCUT2D eigenvalue weighted by molar-refractivity contribution is 0.0712. The van der Waals surface area contributed by atoms with Gasteiger partial charge in [-0.25, -0.2) is 14.8 Å². The van der Waals surface area contributed by atoms with Crippen LogP contribution in [0, 0.1) is 0 Å². The lowest BCUT2D eigenvalue weighted by Gasteiger charge is -2.38. The monoisotopic (exact) mass is 376 g/mol. The molecule has 26 heavy (non-hydrogen) atoms. The zero-order valence-corrected chi connectivity index (χ0v) is 15.5. The number of hydrogen-bond donors (Lipinski definition) is 1. The molecule has 0 spiro atoms. The smallest absolute Gasteiger partial charge is 0.407 e. The normalized spacial score (nSPS) is 18.0. The average Bonchev–Trinajstić information content (AvgIpc) is 2.63. The number of carboxylic acid groups (broad SMARTS) is 1. The number of methoxy groups -OCH3 is 1. The van der Waals surface area contributed by atoms with Crippen molar-refractivity contribution in [2.45, 2.75) is 19.5 Å². The van der Waals surface area contributed by atoms with Gasteiger partial charge < -0.3 is 14.7 Å². The number of nitrogens with zero attached hydrogens (tertiary/aromatic N) is 4. The number of ether oxygens (including phenoxy) is 1. The summed E-state index contributed by atoms with van der Waals surface area (Å²) < 4.78 is 5.46.